The van der Waals surface area contributed by atoms with Crippen LogP contribution in [-0.2, 0) is 5.41 Å². The first-order valence-electron chi connectivity index (χ1n) is 6.48. The van der Waals surface area contributed by atoms with Gasteiger partial charge >= 0.3 is 0 Å². The van der Waals surface area contributed by atoms with Crippen molar-refractivity contribution >= 4 is 5.95 Å². The van der Waals surface area contributed by atoms with E-state index in [2.05, 4.69) is 15.0 Å². The molecule has 0 spiro atoms. The topological polar surface area (TPSA) is 73.9 Å². The van der Waals surface area contributed by atoms with Gasteiger partial charge in [0.05, 0.1) is 7.11 Å². The molecule has 1 heterocycles. The second kappa shape index (κ2) is 5.07. The lowest BCUT2D eigenvalue weighted by atomic mass is 9.96. The first-order chi connectivity index (χ1) is 9.31. The average molecular weight is 272 g/mol. The molecular formula is C15H20N4O. The fraction of sp³-hybridized carbons (Fsp3) is 0.400. The summed E-state index contributed by atoms with van der Waals surface area (Å²) >= 11 is 0. The number of anilines is 1. The van der Waals surface area contributed by atoms with Crippen LogP contribution in [0.5, 0.6) is 5.75 Å². The minimum atomic E-state index is -0.173. The number of methoxy groups -OCH3 is 1. The third-order valence-electron chi connectivity index (χ3n) is 2.98. The van der Waals surface area contributed by atoms with Gasteiger partial charge in [-0.15, -0.1) is 0 Å². The Morgan fingerprint density at radius 3 is 2.35 bits per heavy atom. The van der Waals surface area contributed by atoms with Crippen LogP contribution < -0.4 is 10.5 Å². The van der Waals surface area contributed by atoms with Crippen molar-refractivity contribution in [2.75, 3.05) is 12.8 Å². The normalized spacial score (nSPS) is 11.4. The molecule has 0 amide bonds. The summed E-state index contributed by atoms with van der Waals surface area (Å²) in [5.41, 5.74) is 7.56. The van der Waals surface area contributed by atoms with Crippen molar-refractivity contribution in [3.8, 4) is 17.1 Å². The van der Waals surface area contributed by atoms with Gasteiger partial charge in [-0.2, -0.15) is 9.97 Å². The molecule has 0 bridgehead atoms. The SMILES string of the molecule is COc1ccc(-c2nc(N)nc(C(C)(C)C)n2)cc1C. The number of nitrogens with two attached hydrogens (primary N) is 1. The highest BCUT2D eigenvalue weighted by atomic mass is 16.5. The fourth-order valence-electron chi connectivity index (χ4n) is 1.87. The van der Waals surface area contributed by atoms with Crippen LogP contribution in [0.2, 0.25) is 0 Å². The molecule has 0 radical (unpaired) electrons. The molecule has 1 aromatic carbocycles. The van der Waals surface area contributed by atoms with Gasteiger partial charge in [-0.25, -0.2) is 4.98 Å². The number of benzene rings is 1. The highest BCUT2D eigenvalue weighted by Crippen LogP contribution is 2.26. The van der Waals surface area contributed by atoms with Crippen molar-refractivity contribution in [3.63, 3.8) is 0 Å². The van der Waals surface area contributed by atoms with E-state index in [-0.39, 0.29) is 11.4 Å². The zero-order valence-electron chi connectivity index (χ0n) is 12.6. The molecule has 0 saturated carbocycles. The summed E-state index contributed by atoms with van der Waals surface area (Å²) in [5, 5.41) is 0. The van der Waals surface area contributed by atoms with E-state index >= 15 is 0 Å². The van der Waals surface area contributed by atoms with Gasteiger partial charge in [-0.3, -0.25) is 0 Å². The molecule has 2 N–H and O–H groups in total. The number of aromatic nitrogens is 3. The van der Waals surface area contributed by atoms with Gasteiger partial charge in [0.25, 0.3) is 0 Å². The van der Waals surface area contributed by atoms with Gasteiger partial charge in [0, 0.05) is 11.0 Å². The van der Waals surface area contributed by atoms with Crippen LogP contribution in [0.1, 0.15) is 32.2 Å². The van der Waals surface area contributed by atoms with Crippen molar-refractivity contribution in [1.29, 1.82) is 0 Å². The fourth-order valence-corrected chi connectivity index (χ4v) is 1.87. The van der Waals surface area contributed by atoms with Crippen LogP contribution in [0, 0.1) is 6.92 Å². The molecule has 5 nitrogen and oxygen atoms in total. The largest absolute Gasteiger partial charge is 0.496 e. The van der Waals surface area contributed by atoms with Crippen LogP contribution in [0.15, 0.2) is 18.2 Å². The Hall–Kier alpha value is -2.17. The van der Waals surface area contributed by atoms with Crippen molar-refractivity contribution in [3.05, 3.63) is 29.6 Å². The number of hydrogen-bond donors (Lipinski definition) is 1. The molecule has 5 heteroatoms. The number of rotatable bonds is 2. The van der Waals surface area contributed by atoms with Crippen molar-refractivity contribution < 1.29 is 4.74 Å². The predicted octanol–water partition coefficient (Wildman–Crippen LogP) is 2.74. The van der Waals surface area contributed by atoms with E-state index in [9.17, 15) is 0 Å². The maximum absolute atomic E-state index is 5.80. The zero-order chi connectivity index (χ0) is 14.9. The lowest BCUT2D eigenvalue weighted by Gasteiger charge is -2.17. The zero-order valence-corrected chi connectivity index (χ0v) is 12.6. The number of hydrogen-bond acceptors (Lipinski definition) is 5. The number of nitrogen functional groups attached to an aromatic ring is 1. The smallest absolute Gasteiger partial charge is 0.223 e. The van der Waals surface area contributed by atoms with E-state index in [1.165, 1.54) is 0 Å². The van der Waals surface area contributed by atoms with Crippen molar-refractivity contribution in [2.24, 2.45) is 0 Å². The quantitative estimate of drug-likeness (QED) is 0.909. The average Bonchev–Trinajstić information content (AvgIpc) is 2.37. The second-order valence-corrected chi connectivity index (χ2v) is 5.78. The number of ether oxygens (including phenoxy) is 1. The standard InChI is InChI=1S/C15H20N4O/c1-9-8-10(6-7-11(9)20-5)12-17-13(15(2,3)4)19-14(16)18-12/h6-8H,1-5H3,(H2,16,17,18,19). The van der Waals surface area contributed by atoms with E-state index in [0.717, 1.165) is 16.9 Å². The molecule has 0 atom stereocenters. The molecule has 0 aliphatic rings. The molecule has 106 valence electrons. The van der Waals surface area contributed by atoms with E-state index in [1.807, 2.05) is 45.9 Å². The molecule has 2 aromatic rings. The Kier molecular flexibility index (Phi) is 3.61. The molecule has 0 unspecified atom stereocenters. The van der Waals surface area contributed by atoms with Crippen molar-refractivity contribution in [1.82, 2.24) is 15.0 Å². The Morgan fingerprint density at radius 2 is 1.80 bits per heavy atom. The number of aryl methyl sites for hydroxylation is 1. The van der Waals surface area contributed by atoms with Crippen LogP contribution >= 0.6 is 0 Å². The Balaban J connectivity index is 2.53. The first-order valence-corrected chi connectivity index (χ1v) is 6.48. The third-order valence-corrected chi connectivity index (χ3v) is 2.98. The summed E-state index contributed by atoms with van der Waals surface area (Å²) in [5.74, 6) is 2.36. The minimum Gasteiger partial charge on any atom is -0.496 e. The molecular weight excluding hydrogens is 252 g/mol. The number of nitrogens with zero attached hydrogens (tertiary/aromatic N) is 3. The van der Waals surface area contributed by atoms with Crippen LogP contribution in [0.3, 0.4) is 0 Å². The summed E-state index contributed by atoms with van der Waals surface area (Å²) in [4.78, 5) is 13.0. The first kappa shape index (κ1) is 14.2. The lowest BCUT2D eigenvalue weighted by molar-refractivity contribution is 0.412. The van der Waals surface area contributed by atoms with Gasteiger partial charge in [0.15, 0.2) is 5.82 Å². The summed E-state index contributed by atoms with van der Waals surface area (Å²) in [6.45, 7) is 8.12. The van der Waals surface area contributed by atoms with Crippen LogP contribution in [0.4, 0.5) is 5.95 Å². The summed E-state index contributed by atoms with van der Waals surface area (Å²) < 4.78 is 5.26. The summed E-state index contributed by atoms with van der Waals surface area (Å²) in [6, 6.07) is 5.81. The van der Waals surface area contributed by atoms with Crippen molar-refractivity contribution in [2.45, 2.75) is 33.1 Å². The molecule has 0 aliphatic heterocycles. The van der Waals surface area contributed by atoms with E-state index in [0.29, 0.717) is 11.6 Å². The van der Waals surface area contributed by atoms with E-state index in [1.54, 1.807) is 7.11 Å². The van der Waals surface area contributed by atoms with Crippen LogP contribution in [0.25, 0.3) is 11.4 Å². The van der Waals surface area contributed by atoms with Gasteiger partial charge in [0.1, 0.15) is 11.6 Å². The predicted molar refractivity (Wildman–Crippen MR) is 79.7 cm³/mol. The van der Waals surface area contributed by atoms with Gasteiger partial charge in [-0.05, 0) is 30.7 Å². The molecule has 0 aliphatic carbocycles. The molecule has 2 rings (SSSR count). The monoisotopic (exact) mass is 272 g/mol. The van der Waals surface area contributed by atoms with Gasteiger partial charge in [-0.1, -0.05) is 20.8 Å². The Labute approximate surface area is 119 Å². The van der Waals surface area contributed by atoms with Gasteiger partial charge in [0.2, 0.25) is 5.95 Å². The van der Waals surface area contributed by atoms with E-state index < -0.39 is 0 Å². The van der Waals surface area contributed by atoms with Crippen LogP contribution in [-0.4, -0.2) is 22.1 Å². The second-order valence-electron chi connectivity index (χ2n) is 5.78. The highest BCUT2D eigenvalue weighted by Gasteiger charge is 2.20. The highest BCUT2D eigenvalue weighted by molar-refractivity contribution is 5.59. The van der Waals surface area contributed by atoms with Gasteiger partial charge < -0.3 is 10.5 Å². The molecule has 20 heavy (non-hydrogen) atoms. The summed E-state index contributed by atoms with van der Waals surface area (Å²) in [6.07, 6.45) is 0. The minimum absolute atomic E-state index is 0.173. The Bertz CT molecular complexity index is 632. The Morgan fingerprint density at radius 1 is 1.10 bits per heavy atom. The maximum atomic E-state index is 5.80. The molecule has 0 fully saturated rings. The third kappa shape index (κ3) is 2.87. The molecule has 0 saturated heterocycles. The van der Waals surface area contributed by atoms with E-state index in [4.69, 9.17) is 10.5 Å². The summed E-state index contributed by atoms with van der Waals surface area (Å²) in [7, 11) is 1.65. The molecule has 1 aromatic heterocycles. The lowest BCUT2D eigenvalue weighted by Crippen LogP contribution is -2.18. The maximum Gasteiger partial charge on any atom is 0.223 e.